The molecule has 0 radical (unpaired) electrons. The van der Waals surface area contributed by atoms with Crippen LogP contribution < -0.4 is 5.48 Å². The Labute approximate surface area is 97.8 Å². The van der Waals surface area contributed by atoms with Crippen molar-refractivity contribution in [2.75, 3.05) is 19.6 Å². The lowest BCUT2D eigenvalue weighted by Gasteiger charge is -2.49. The van der Waals surface area contributed by atoms with Crippen molar-refractivity contribution in [3.8, 4) is 0 Å². The van der Waals surface area contributed by atoms with Gasteiger partial charge in [0.1, 0.15) is 5.60 Å². The van der Waals surface area contributed by atoms with Gasteiger partial charge in [0.15, 0.2) is 0 Å². The van der Waals surface area contributed by atoms with E-state index in [4.69, 9.17) is 4.84 Å². The lowest BCUT2D eigenvalue weighted by atomic mass is 9.74. The fourth-order valence-corrected chi connectivity index (χ4v) is 3.16. The molecule has 3 heteroatoms. The van der Waals surface area contributed by atoms with Crippen LogP contribution in [0.15, 0.2) is 11.8 Å². The van der Waals surface area contributed by atoms with E-state index in [2.05, 4.69) is 37.2 Å². The number of piperidine rings is 3. The highest BCUT2D eigenvalue weighted by atomic mass is 16.7. The highest BCUT2D eigenvalue weighted by Gasteiger charge is 2.50. The molecule has 2 bridgehead atoms. The number of hydrogen-bond donors (Lipinski definition) is 1. The third-order valence-electron chi connectivity index (χ3n) is 4.30. The summed E-state index contributed by atoms with van der Waals surface area (Å²) < 4.78 is 0. The van der Waals surface area contributed by atoms with Crippen molar-refractivity contribution in [2.45, 2.75) is 39.2 Å². The average molecular weight is 222 g/mol. The molecule has 0 aromatic heterocycles. The third kappa shape index (κ3) is 1.49. The van der Waals surface area contributed by atoms with E-state index in [0.717, 1.165) is 6.54 Å². The maximum Gasteiger partial charge on any atom is 0.131 e. The molecule has 0 aromatic rings. The van der Waals surface area contributed by atoms with Gasteiger partial charge < -0.3 is 0 Å². The van der Waals surface area contributed by atoms with Crippen molar-refractivity contribution in [1.29, 1.82) is 0 Å². The number of hydrogen-bond acceptors (Lipinski definition) is 3. The van der Waals surface area contributed by atoms with Gasteiger partial charge >= 0.3 is 0 Å². The molecule has 4 rings (SSSR count). The molecule has 4 aliphatic rings. The molecule has 90 valence electrons. The summed E-state index contributed by atoms with van der Waals surface area (Å²) in [6.45, 7) is 10.3. The molecule has 4 heterocycles. The summed E-state index contributed by atoms with van der Waals surface area (Å²) in [6, 6.07) is 0. The zero-order chi connectivity index (χ0) is 11.4. The standard InChI is InChI=1S/C13H22N2O/c1-12(2,3)11-8-13(16-14-11)9-15-6-4-10(13)5-7-15/h8,10,14H,4-7,9H2,1-3H3. The Morgan fingerprint density at radius 1 is 1.38 bits per heavy atom. The SMILES string of the molecule is CC(C)(C)C1=CC2(CN3CCC2CC3)ON1. The average Bonchev–Trinajstić information content (AvgIpc) is 2.63. The summed E-state index contributed by atoms with van der Waals surface area (Å²) in [5.41, 5.74) is 4.56. The quantitative estimate of drug-likeness (QED) is 0.677. The number of nitrogens with zero attached hydrogens (tertiary/aromatic N) is 1. The summed E-state index contributed by atoms with van der Waals surface area (Å²) in [5, 5.41) is 0. The van der Waals surface area contributed by atoms with Crippen molar-refractivity contribution in [2.24, 2.45) is 11.3 Å². The normalized spacial score (nSPS) is 42.3. The molecule has 1 atom stereocenters. The molecule has 4 aliphatic heterocycles. The first kappa shape index (κ1) is 10.6. The van der Waals surface area contributed by atoms with Crippen LogP contribution in [0.3, 0.4) is 0 Å². The summed E-state index contributed by atoms with van der Waals surface area (Å²) in [6.07, 6.45) is 4.94. The molecule has 3 nitrogen and oxygen atoms in total. The van der Waals surface area contributed by atoms with E-state index in [-0.39, 0.29) is 11.0 Å². The Balaban J connectivity index is 1.88. The Morgan fingerprint density at radius 2 is 2.06 bits per heavy atom. The van der Waals surface area contributed by atoms with Crippen molar-refractivity contribution in [1.82, 2.24) is 10.4 Å². The van der Waals surface area contributed by atoms with Crippen molar-refractivity contribution < 1.29 is 4.84 Å². The molecule has 0 amide bonds. The van der Waals surface area contributed by atoms with E-state index in [1.165, 1.54) is 31.6 Å². The molecule has 1 N–H and O–H groups in total. The van der Waals surface area contributed by atoms with Gasteiger partial charge in [0, 0.05) is 17.7 Å². The van der Waals surface area contributed by atoms with Gasteiger partial charge in [0.05, 0.1) is 0 Å². The predicted molar refractivity (Wildman–Crippen MR) is 63.7 cm³/mol. The smallest absolute Gasteiger partial charge is 0.131 e. The first-order valence-electron chi connectivity index (χ1n) is 6.39. The second kappa shape index (κ2) is 3.23. The molecule has 3 fully saturated rings. The van der Waals surface area contributed by atoms with Crippen LogP contribution in [0.5, 0.6) is 0 Å². The Morgan fingerprint density at radius 3 is 2.50 bits per heavy atom. The number of fused-ring (bicyclic) bond motifs is 2. The first-order valence-corrected chi connectivity index (χ1v) is 6.39. The summed E-state index contributed by atoms with van der Waals surface area (Å²) >= 11 is 0. The van der Waals surface area contributed by atoms with E-state index < -0.39 is 0 Å². The highest BCUT2D eigenvalue weighted by Crippen LogP contribution is 2.43. The minimum Gasteiger partial charge on any atom is -0.300 e. The van der Waals surface area contributed by atoms with Gasteiger partial charge in [-0.25, -0.2) is 0 Å². The first-order chi connectivity index (χ1) is 7.50. The Kier molecular flexibility index (Phi) is 2.14. The van der Waals surface area contributed by atoms with Crippen LogP contribution in [-0.2, 0) is 4.84 Å². The van der Waals surface area contributed by atoms with Gasteiger partial charge in [0.25, 0.3) is 0 Å². The minimum absolute atomic E-state index is 0.0287. The Bertz CT molecular complexity index is 323. The minimum atomic E-state index is -0.0287. The second-order valence-corrected chi connectivity index (χ2v) is 6.52. The monoisotopic (exact) mass is 222 g/mol. The summed E-state index contributed by atoms with van der Waals surface area (Å²) in [7, 11) is 0. The van der Waals surface area contributed by atoms with E-state index >= 15 is 0 Å². The van der Waals surface area contributed by atoms with Crippen LogP contribution >= 0.6 is 0 Å². The Hall–Kier alpha value is -0.540. The van der Waals surface area contributed by atoms with E-state index in [1.807, 2.05) is 0 Å². The fourth-order valence-electron chi connectivity index (χ4n) is 3.16. The van der Waals surface area contributed by atoms with Crippen LogP contribution in [0, 0.1) is 11.3 Å². The van der Waals surface area contributed by atoms with Gasteiger partial charge in [-0.1, -0.05) is 20.8 Å². The number of nitrogens with one attached hydrogen (secondary N) is 1. The topological polar surface area (TPSA) is 24.5 Å². The summed E-state index contributed by atoms with van der Waals surface area (Å²) in [5.74, 6) is 0.713. The maximum absolute atomic E-state index is 5.97. The lowest BCUT2D eigenvalue weighted by molar-refractivity contribution is -0.139. The molecule has 1 unspecified atom stereocenters. The zero-order valence-corrected chi connectivity index (χ0v) is 10.5. The second-order valence-electron chi connectivity index (χ2n) is 6.52. The van der Waals surface area contributed by atoms with Gasteiger partial charge in [-0.2, -0.15) is 0 Å². The van der Waals surface area contributed by atoms with Crippen molar-refractivity contribution in [3.63, 3.8) is 0 Å². The molecular formula is C13H22N2O. The molecule has 3 saturated heterocycles. The van der Waals surface area contributed by atoms with Crippen molar-refractivity contribution >= 4 is 0 Å². The van der Waals surface area contributed by atoms with Gasteiger partial charge in [-0.05, 0) is 37.9 Å². The van der Waals surface area contributed by atoms with E-state index in [9.17, 15) is 0 Å². The van der Waals surface area contributed by atoms with E-state index in [1.54, 1.807) is 0 Å². The molecule has 16 heavy (non-hydrogen) atoms. The van der Waals surface area contributed by atoms with Crippen LogP contribution in [0.4, 0.5) is 0 Å². The molecule has 1 spiro atoms. The van der Waals surface area contributed by atoms with Gasteiger partial charge in [0.2, 0.25) is 0 Å². The van der Waals surface area contributed by atoms with E-state index in [0.29, 0.717) is 5.92 Å². The number of rotatable bonds is 0. The highest BCUT2D eigenvalue weighted by molar-refractivity contribution is 5.23. The molecule has 0 saturated carbocycles. The largest absolute Gasteiger partial charge is 0.300 e. The fraction of sp³-hybridized carbons (Fsp3) is 0.846. The third-order valence-corrected chi connectivity index (χ3v) is 4.30. The maximum atomic E-state index is 5.97. The van der Waals surface area contributed by atoms with Gasteiger partial charge in [-0.15, -0.1) is 0 Å². The summed E-state index contributed by atoms with van der Waals surface area (Å²) in [4.78, 5) is 8.50. The van der Waals surface area contributed by atoms with Crippen LogP contribution in [-0.4, -0.2) is 30.1 Å². The predicted octanol–water partition coefficient (Wildman–Crippen LogP) is 1.92. The number of hydroxylamine groups is 1. The van der Waals surface area contributed by atoms with Gasteiger partial charge in [-0.3, -0.25) is 15.2 Å². The van der Waals surface area contributed by atoms with Crippen LogP contribution in [0.25, 0.3) is 0 Å². The molecule has 0 aromatic carbocycles. The molecular weight excluding hydrogens is 200 g/mol. The number of allylic oxidation sites excluding steroid dienone is 1. The lowest BCUT2D eigenvalue weighted by Crippen LogP contribution is -2.58. The zero-order valence-electron chi connectivity index (χ0n) is 10.5. The van der Waals surface area contributed by atoms with Crippen molar-refractivity contribution in [3.05, 3.63) is 11.8 Å². The van der Waals surface area contributed by atoms with Crippen LogP contribution in [0.2, 0.25) is 0 Å². The van der Waals surface area contributed by atoms with Crippen LogP contribution in [0.1, 0.15) is 33.6 Å². The molecule has 0 aliphatic carbocycles.